The van der Waals surface area contributed by atoms with Crippen LogP contribution in [0.3, 0.4) is 0 Å². The number of carbonyl (C=O) groups excluding carboxylic acids is 3. The molecular formula is C21H38N4O5. The van der Waals surface area contributed by atoms with Gasteiger partial charge in [0, 0.05) is 6.54 Å². The van der Waals surface area contributed by atoms with E-state index in [-0.39, 0.29) is 23.7 Å². The van der Waals surface area contributed by atoms with E-state index in [1.54, 1.807) is 6.92 Å². The predicted octanol–water partition coefficient (Wildman–Crippen LogP) is 0.717. The monoisotopic (exact) mass is 426 g/mol. The molecule has 3 amide bonds. The molecule has 0 aromatic rings. The van der Waals surface area contributed by atoms with Crippen LogP contribution in [0.2, 0.25) is 0 Å². The van der Waals surface area contributed by atoms with Gasteiger partial charge in [-0.05, 0) is 30.6 Å². The Labute approximate surface area is 179 Å². The summed E-state index contributed by atoms with van der Waals surface area (Å²) in [6, 6.07) is -3.30. The number of nitrogens with zero attached hydrogens (tertiary/aromatic N) is 1. The normalized spacial score (nSPS) is 20.6. The van der Waals surface area contributed by atoms with Crippen LogP contribution < -0.4 is 16.4 Å². The number of aliphatic carboxylic acids is 1. The number of likely N-dealkylation sites (tertiary alicyclic amines) is 1. The fraction of sp³-hybridized carbons (Fsp3) is 0.810. The Morgan fingerprint density at radius 3 is 2.10 bits per heavy atom. The number of carboxylic acid groups (broad SMARTS) is 1. The van der Waals surface area contributed by atoms with Gasteiger partial charge in [-0.25, -0.2) is 4.79 Å². The summed E-state index contributed by atoms with van der Waals surface area (Å²) in [7, 11) is 0. The molecule has 5 atom stereocenters. The van der Waals surface area contributed by atoms with Crippen molar-refractivity contribution in [2.45, 2.75) is 85.0 Å². The van der Waals surface area contributed by atoms with Crippen molar-refractivity contribution >= 4 is 23.7 Å². The minimum Gasteiger partial charge on any atom is -0.480 e. The van der Waals surface area contributed by atoms with Crippen molar-refractivity contribution in [1.82, 2.24) is 15.5 Å². The van der Waals surface area contributed by atoms with Crippen molar-refractivity contribution in [2.75, 3.05) is 6.54 Å². The lowest BCUT2D eigenvalue weighted by atomic mass is 9.98. The highest BCUT2D eigenvalue weighted by atomic mass is 16.4. The Hall–Kier alpha value is -2.16. The van der Waals surface area contributed by atoms with Crippen molar-refractivity contribution in [3.8, 4) is 0 Å². The van der Waals surface area contributed by atoms with Crippen LogP contribution in [0.4, 0.5) is 0 Å². The van der Waals surface area contributed by atoms with Gasteiger partial charge in [-0.1, -0.05) is 48.0 Å². The maximum Gasteiger partial charge on any atom is 0.326 e. The molecule has 0 aliphatic carbocycles. The average Bonchev–Trinajstić information content (AvgIpc) is 3.17. The number of carboxylic acids is 1. The fourth-order valence-electron chi connectivity index (χ4n) is 3.48. The van der Waals surface area contributed by atoms with Crippen LogP contribution in [-0.2, 0) is 19.2 Å². The van der Waals surface area contributed by atoms with E-state index in [1.165, 1.54) is 4.90 Å². The molecular weight excluding hydrogens is 388 g/mol. The molecule has 1 rings (SSSR count). The van der Waals surface area contributed by atoms with Crippen LogP contribution in [0.15, 0.2) is 0 Å². The summed E-state index contributed by atoms with van der Waals surface area (Å²) in [4.78, 5) is 51.5. The highest BCUT2D eigenvalue weighted by molar-refractivity contribution is 5.94. The zero-order chi connectivity index (χ0) is 23.2. The number of carbonyl (C=O) groups is 4. The molecule has 0 aromatic carbocycles. The molecule has 1 saturated heterocycles. The van der Waals surface area contributed by atoms with Crippen LogP contribution in [0, 0.1) is 17.8 Å². The van der Waals surface area contributed by atoms with E-state index < -0.39 is 42.0 Å². The van der Waals surface area contributed by atoms with Crippen molar-refractivity contribution in [3.05, 3.63) is 0 Å². The number of amides is 3. The van der Waals surface area contributed by atoms with E-state index in [0.29, 0.717) is 25.8 Å². The Morgan fingerprint density at radius 2 is 1.63 bits per heavy atom. The molecule has 1 aliphatic heterocycles. The van der Waals surface area contributed by atoms with E-state index in [9.17, 15) is 24.3 Å². The van der Waals surface area contributed by atoms with Crippen LogP contribution in [-0.4, -0.2) is 64.4 Å². The smallest absolute Gasteiger partial charge is 0.326 e. The first-order valence-electron chi connectivity index (χ1n) is 10.8. The Bertz CT molecular complexity index is 637. The maximum absolute atomic E-state index is 13.2. The summed E-state index contributed by atoms with van der Waals surface area (Å²) in [5.41, 5.74) is 5.91. The molecule has 9 heteroatoms. The van der Waals surface area contributed by atoms with Gasteiger partial charge in [0.2, 0.25) is 17.7 Å². The van der Waals surface area contributed by atoms with Crippen LogP contribution in [0.5, 0.6) is 0 Å². The van der Waals surface area contributed by atoms with Gasteiger partial charge in [-0.3, -0.25) is 14.4 Å². The Morgan fingerprint density at radius 1 is 1.03 bits per heavy atom. The van der Waals surface area contributed by atoms with Crippen LogP contribution in [0.25, 0.3) is 0 Å². The van der Waals surface area contributed by atoms with Gasteiger partial charge in [0.1, 0.15) is 18.1 Å². The van der Waals surface area contributed by atoms with Gasteiger partial charge >= 0.3 is 5.97 Å². The maximum atomic E-state index is 13.2. The molecule has 0 spiro atoms. The van der Waals surface area contributed by atoms with Crippen molar-refractivity contribution in [3.63, 3.8) is 0 Å². The molecule has 9 nitrogen and oxygen atoms in total. The number of rotatable bonds is 10. The van der Waals surface area contributed by atoms with Crippen molar-refractivity contribution < 1.29 is 24.3 Å². The van der Waals surface area contributed by atoms with Gasteiger partial charge in [0.05, 0.1) is 6.04 Å². The largest absolute Gasteiger partial charge is 0.480 e. The Kier molecular flexibility index (Phi) is 9.74. The molecule has 0 bridgehead atoms. The molecule has 5 unspecified atom stereocenters. The van der Waals surface area contributed by atoms with Gasteiger partial charge < -0.3 is 26.4 Å². The topological polar surface area (TPSA) is 142 Å². The zero-order valence-corrected chi connectivity index (χ0v) is 19.0. The van der Waals surface area contributed by atoms with E-state index in [2.05, 4.69) is 10.6 Å². The highest BCUT2D eigenvalue weighted by Crippen LogP contribution is 2.21. The van der Waals surface area contributed by atoms with E-state index in [1.807, 2.05) is 34.6 Å². The summed E-state index contributed by atoms with van der Waals surface area (Å²) in [6.07, 6.45) is 1.69. The lowest BCUT2D eigenvalue weighted by Gasteiger charge is -2.32. The first-order chi connectivity index (χ1) is 13.9. The lowest BCUT2D eigenvalue weighted by Crippen LogP contribution is -2.59. The fourth-order valence-corrected chi connectivity index (χ4v) is 3.48. The van der Waals surface area contributed by atoms with Crippen molar-refractivity contribution in [1.29, 1.82) is 0 Å². The molecule has 1 fully saturated rings. The molecule has 172 valence electrons. The van der Waals surface area contributed by atoms with Gasteiger partial charge in [0.25, 0.3) is 0 Å². The molecule has 0 saturated carbocycles. The molecule has 5 N–H and O–H groups in total. The Balaban J connectivity index is 2.96. The zero-order valence-electron chi connectivity index (χ0n) is 19.0. The van der Waals surface area contributed by atoms with Crippen LogP contribution in [0.1, 0.15) is 60.8 Å². The van der Waals surface area contributed by atoms with Gasteiger partial charge in [0.15, 0.2) is 0 Å². The molecule has 30 heavy (non-hydrogen) atoms. The summed E-state index contributed by atoms with van der Waals surface area (Å²) >= 11 is 0. The van der Waals surface area contributed by atoms with Gasteiger partial charge in [-0.15, -0.1) is 0 Å². The SMILES string of the molecule is CCC(C)C(NC(=O)C1CCCN1C(=O)C(NC(=O)C(N)C(C)C)C(C)C)C(=O)O. The summed E-state index contributed by atoms with van der Waals surface area (Å²) in [6.45, 7) is 11.3. The quantitative estimate of drug-likeness (QED) is 0.405. The van der Waals surface area contributed by atoms with Crippen molar-refractivity contribution in [2.24, 2.45) is 23.5 Å². The first kappa shape index (κ1) is 25.9. The standard InChI is InChI=1S/C21H38N4O5/c1-7-13(6)17(21(29)30)24-18(26)14-9-8-10-25(14)20(28)16(12(4)5)23-19(27)15(22)11(2)3/h11-17H,7-10,22H2,1-6H3,(H,23,27)(H,24,26)(H,29,30). The summed E-state index contributed by atoms with van der Waals surface area (Å²) in [5.74, 6) is -2.83. The third kappa shape index (κ3) is 6.42. The predicted molar refractivity (Wildman–Crippen MR) is 113 cm³/mol. The van der Waals surface area contributed by atoms with E-state index in [0.717, 1.165) is 0 Å². The van der Waals surface area contributed by atoms with Gasteiger partial charge in [-0.2, -0.15) is 0 Å². The second-order valence-electron chi connectivity index (χ2n) is 8.90. The highest BCUT2D eigenvalue weighted by Gasteiger charge is 2.40. The van der Waals surface area contributed by atoms with E-state index >= 15 is 0 Å². The molecule has 1 aliphatic rings. The molecule has 0 radical (unpaired) electrons. The number of nitrogens with one attached hydrogen (secondary N) is 2. The van der Waals surface area contributed by atoms with E-state index in [4.69, 9.17) is 5.73 Å². The third-order valence-electron chi connectivity index (χ3n) is 5.87. The third-order valence-corrected chi connectivity index (χ3v) is 5.87. The number of hydrogen-bond donors (Lipinski definition) is 4. The second kappa shape index (κ2) is 11.3. The second-order valence-corrected chi connectivity index (χ2v) is 8.90. The molecule has 1 heterocycles. The number of hydrogen-bond acceptors (Lipinski definition) is 5. The molecule has 0 aromatic heterocycles. The summed E-state index contributed by atoms with van der Waals surface area (Å²) in [5, 5.41) is 14.8. The average molecular weight is 427 g/mol. The summed E-state index contributed by atoms with van der Waals surface area (Å²) < 4.78 is 0. The first-order valence-corrected chi connectivity index (χ1v) is 10.8. The number of nitrogens with two attached hydrogens (primary N) is 1. The minimum absolute atomic E-state index is 0.0771. The minimum atomic E-state index is -1.09. The lowest BCUT2D eigenvalue weighted by molar-refractivity contribution is -0.146. The van der Waals surface area contributed by atoms with Crippen LogP contribution >= 0.6 is 0 Å².